The molecule has 4 heterocycles. The van der Waals surface area contributed by atoms with Crippen molar-refractivity contribution in [1.29, 1.82) is 0 Å². The monoisotopic (exact) mass is 668 g/mol. The van der Waals surface area contributed by atoms with Gasteiger partial charge >= 0.3 is 0 Å². The van der Waals surface area contributed by atoms with Crippen LogP contribution in [0.15, 0.2) is 194 Å². The Morgan fingerprint density at radius 3 is 1.08 bits per heavy atom. The molecule has 0 saturated heterocycles. The number of hydrogen-bond acceptors (Lipinski definition) is 2. The van der Waals surface area contributed by atoms with Crippen LogP contribution in [0.2, 0.25) is 0 Å². The molecule has 0 N–H and O–H groups in total. The zero-order valence-corrected chi connectivity index (χ0v) is 28.8. The van der Waals surface area contributed by atoms with E-state index < -0.39 is 8.07 Å². The first-order chi connectivity index (χ1) is 25.3. The van der Waals surface area contributed by atoms with E-state index in [1.807, 2.05) is 0 Å². The van der Waals surface area contributed by atoms with Gasteiger partial charge in [0.05, 0.1) is 11.0 Å². The summed E-state index contributed by atoms with van der Waals surface area (Å²) in [5, 5.41) is 9.20. The quantitative estimate of drug-likeness (QED) is 0.168. The van der Waals surface area contributed by atoms with E-state index in [4.69, 9.17) is 9.97 Å². The Kier molecular flexibility index (Phi) is 6.79. The third kappa shape index (κ3) is 4.45. The van der Waals surface area contributed by atoms with Gasteiger partial charge in [0.2, 0.25) is 8.07 Å². The molecular formula is C46H32N4Si. The lowest BCUT2D eigenvalue weighted by Gasteiger charge is -2.32. The first kappa shape index (κ1) is 29.4. The summed E-state index contributed by atoms with van der Waals surface area (Å²) in [5.74, 6) is 0. The summed E-state index contributed by atoms with van der Waals surface area (Å²) < 4.78 is 4.63. The minimum atomic E-state index is -3.13. The highest BCUT2D eigenvalue weighted by molar-refractivity contribution is 7.19. The summed E-state index contributed by atoms with van der Waals surface area (Å²) in [7, 11) is -3.13. The molecule has 0 unspecified atom stereocenters. The van der Waals surface area contributed by atoms with Crippen LogP contribution in [0.5, 0.6) is 0 Å². The fourth-order valence-corrected chi connectivity index (χ4v) is 12.4. The fourth-order valence-electron chi connectivity index (χ4n) is 8.04. The lowest BCUT2D eigenvalue weighted by molar-refractivity contribution is 1.14. The van der Waals surface area contributed by atoms with Crippen LogP contribution in [0, 0.1) is 0 Å². The van der Waals surface area contributed by atoms with Crippen molar-refractivity contribution < 1.29 is 0 Å². The van der Waals surface area contributed by atoms with Crippen molar-refractivity contribution >= 4 is 73.0 Å². The highest BCUT2D eigenvalue weighted by Gasteiger charge is 2.45. The number of hydrogen-bond donors (Lipinski definition) is 0. The summed E-state index contributed by atoms with van der Waals surface area (Å²) in [6, 6.07) is 69.4. The smallest absolute Gasteiger partial charge is 0.223 e. The van der Waals surface area contributed by atoms with Crippen LogP contribution >= 0.6 is 0 Å². The van der Waals surface area contributed by atoms with Crippen LogP contribution in [0.25, 0.3) is 55.2 Å². The molecule has 10 aromatic rings. The predicted molar refractivity (Wildman–Crippen MR) is 214 cm³/mol. The van der Waals surface area contributed by atoms with E-state index >= 15 is 0 Å². The van der Waals surface area contributed by atoms with Crippen molar-refractivity contribution in [3.05, 3.63) is 194 Å². The summed E-state index contributed by atoms with van der Waals surface area (Å²) >= 11 is 0. The second-order valence-corrected chi connectivity index (χ2v) is 16.7. The van der Waals surface area contributed by atoms with Crippen molar-refractivity contribution in [2.75, 3.05) is 0 Å². The Morgan fingerprint density at radius 1 is 0.314 bits per heavy atom. The van der Waals surface area contributed by atoms with Crippen LogP contribution in [0.4, 0.5) is 0 Å². The molecule has 51 heavy (non-hydrogen) atoms. The number of benzene rings is 6. The molecule has 0 saturated carbocycles. The van der Waals surface area contributed by atoms with E-state index in [0.29, 0.717) is 0 Å². The topological polar surface area (TPSA) is 35.6 Å². The van der Waals surface area contributed by atoms with E-state index in [0.717, 1.165) is 55.1 Å². The maximum absolute atomic E-state index is 5.77. The maximum Gasteiger partial charge on any atom is 0.223 e. The molecule has 0 atom stereocenters. The lowest BCUT2D eigenvalue weighted by atomic mass is 10.2. The molecule has 0 bridgehead atoms. The van der Waals surface area contributed by atoms with E-state index in [2.05, 4.69) is 203 Å². The molecule has 10 rings (SSSR count). The molecule has 6 aromatic carbocycles. The number of nitrogens with zero attached hydrogens (tertiary/aromatic N) is 4. The molecule has 4 nitrogen and oxygen atoms in total. The molecule has 240 valence electrons. The van der Waals surface area contributed by atoms with E-state index in [1.54, 1.807) is 0 Å². The number of para-hydroxylation sites is 4. The van der Waals surface area contributed by atoms with Crippen molar-refractivity contribution in [2.45, 2.75) is 0 Å². The normalized spacial score (nSPS) is 11.9. The first-order valence-electron chi connectivity index (χ1n) is 17.4. The van der Waals surface area contributed by atoms with Crippen LogP contribution in [-0.4, -0.2) is 27.2 Å². The number of aromatic nitrogens is 4. The third-order valence-corrected chi connectivity index (χ3v) is 14.7. The van der Waals surface area contributed by atoms with Crippen LogP contribution < -0.4 is 21.0 Å². The van der Waals surface area contributed by atoms with Crippen LogP contribution in [-0.2, 0) is 0 Å². The van der Waals surface area contributed by atoms with Gasteiger partial charge in [-0.15, -0.1) is 0 Å². The second kappa shape index (κ2) is 11.8. The molecule has 0 aliphatic heterocycles. The number of fused-ring (bicyclic) bond motifs is 6. The molecule has 4 aromatic heterocycles. The van der Waals surface area contributed by atoms with Crippen molar-refractivity contribution in [3.63, 3.8) is 0 Å². The molecule has 0 aliphatic rings. The Balaban J connectivity index is 1.35. The maximum atomic E-state index is 5.77. The zero-order valence-electron chi connectivity index (χ0n) is 27.8. The predicted octanol–water partition coefficient (Wildman–Crippen LogP) is 8.05. The van der Waals surface area contributed by atoms with E-state index in [9.17, 15) is 0 Å². The van der Waals surface area contributed by atoms with Gasteiger partial charge in [0.1, 0.15) is 11.3 Å². The van der Waals surface area contributed by atoms with Crippen molar-refractivity contribution in [1.82, 2.24) is 19.1 Å². The van der Waals surface area contributed by atoms with Gasteiger partial charge < -0.3 is 0 Å². The standard InChI is InChI=1S/C46H32N4Si/c1-5-17-33(18-6-1)49-41-27-15-13-25-37(41)39-29-31-43(47-45(39)49)51(35-21-9-3-10-22-35,36-23-11-4-12-24-36)44-32-30-40-38-26-14-16-28-42(38)50(46(40)48-44)34-19-7-2-8-20-34/h1-32H. The highest BCUT2D eigenvalue weighted by atomic mass is 28.3. The van der Waals surface area contributed by atoms with Gasteiger partial charge in [-0.2, -0.15) is 0 Å². The van der Waals surface area contributed by atoms with Gasteiger partial charge in [0, 0.05) is 43.6 Å². The molecule has 0 radical (unpaired) electrons. The molecule has 0 fully saturated rings. The van der Waals surface area contributed by atoms with Gasteiger partial charge in [-0.25, -0.2) is 9.97 Å². The number of rotatable bonds is 6. The largest absolute Gasteiger partial charge is 0.294 e. The second-order valence-electron chi connectivity index (χ2n) is 13.0. The van der Waals surface area contributed by atoms with Gasteiger partial charge in [-0.3, -0.25) is 9.13 Å². The zero-order chi connectivity index (χ0) is 33.8. The minimum Gasteiger partial charge on any atom is -0.294 e. The number of pyridine rings is 2. The minimum absolute atomic E-state index is 0.947. The Morgan fingerprint density at radius 2 is 0.667 bits per heavy atom. The fraction of sp³-hybridized carbons (Fsp3) is 0. The summed E-state index contributed by atoms with van der Waals surface area (Å²) in [6.07, 6.45) is 0. The Hall–Kier alpha value is -6.56. The van der Waals surface area contributed by atoms with Gasteiger partial charge in [-0.1, -0.05) is 133 Å². The van der Waals surface area contributed by atoms with Gasteiger partial charge in [-0.05, 0) is 71.0 Å². The SMILES string of the molecule is c1ccc(-n2c3ccccc3c3ccc([Si](c4ccccc4)(c4ccccc4)c4ccc5c6ccccc6n(-c6ccccc6)c5n4)nc32)cc1. The van der Waals surface area contributed by atoms with Crippen molar-refractivity contribution in [2.24, 2.45) is 0 Å². The first-order valence-corrected chi connectivity index (χ1v) is 19.4. The molecule has 0 spiro atoms. The van der Waals surface area contributed by atoms with E-state index in [1.165, 1.54) is 21.1 Å². The summed E-state index contributed by atoms with van der Waals surface area (Å²) in [6.45, 7) is 0. The Bertz CT molecular complexity index is 2650. The van der Waals surface area contributed by atoms with Crippen LogP contribution in [0.3, 0.4) is 0 Å². The van der Waals surface area contributed by atoms with Gasteiger partial charge in [0.25, 0.3) is 0 Å². The van der Waals surface area contributed by atoms with Crippen molar-refractivity contribution in [3.8, 4) is 11.4 Å². The summed E-state index contributed by atoms with van der Waals surface area (Å²) in [5.41, 5.74) is 6.36. The molecular weight excluding hydrogens is 637 g/mol. The highest BCUT2D eigenvalue weighted by Crippen LogP contribution is 2.32. The Labute approximate surface area is 296 Å². The lowest BCUT2D eigenvalue weighted by Crippen LogP contribution is -2.76. The molecule has 0 aliphatic carbocycles. The average Bonchev–Trinajstić information content (AvgIpc) is 3.72. The van der Waals surface area contributed by atoms with Crippen LogP contribution in [0.1, 0.15) is 0 Å². The van der Waals surface area contributed by atoms with E-state index in [-0.39, 0.29) is 0 Å². The van der Waals surface area contributed by atoms with Gasteiger partial charge in [0.15, 0.2) is 0 Å². The average molecular weight is 669 g/mol. The molecule has 0 amide bonds. The summed E-state index contributed by atoms with van der Waals surface area (Å²) in [4.78, 5) is 11.5. The third-order valence-electron chi connectivity index (χ3n) is 10.3. The molecule has 5 heteroatoms.